The fourth-order valence-corrected chi connectivity index (χ4v) is 4.83. The summed E-state index contributed by atoms with van der Waals surface area (Å²) in [5.41, 5.74) is -0.768. The number of fused-ring (bicyclic) bond motifs is 1. The number of nitrogens with one attached hydrogen (secondary N) is 2. The van der Waals surface area contributed by atoms with Crippen LogP contribution in [0, 0.1) is 16.0 Å². The van der Waals surface area contributed by atoms with Gasteiger partial charge in [0.15, 0.2) is 5.82 Å². The summed E-state index contributed by atoms with van der Waals surface area (Å²) in [6.45, 7) is 1.36. The molecule has 4 rings (SSSR count). The van der Waals surface area contributed by atoms with E-state index in [0.29, 0.717) is 16.3 Å². The Morgan fingerprint density at radius 2 is 2.05 bits per heavy atom. The number of nitrogens with zero attached hydrogens (tertiary/aromatic N) is 4. The van der Waals surface area contributed by atoms with Crippen LogP contribution in [-0.2, 0) is 24.3 Å². The molecule has 1 aliphatic heterocycles. The van der Waals surface area contributed by atoms with Gasteiger partial charge in [0.05, 0.1) is 30.5 Å². The van der Waals surface area contributed by atoms with Crippen molar-refractivity contribution in [3.63, 3.8) is 0 Å². The third kappa shape index (κ3) is 5.66. The molecule has 0 saturated carbocycles. The number of nitro groups is 1. The van der Waals surface area contributed by atoms with Gasteiger partial charge in [-0.2, -0.15) is 5.10 Å². The van der Waals surface area contributed by atoms with Gasteiger partial charge in [-0.1, -0.05) is 24.6 Å². The number of methoxy groups -OCH3 is 1. The smallest absolute Gasteiger partial charge is 0.343 e. The number of amides is 3. The summed E-state index contributed by atoms with van der Waals surface area (Å²) in [6, 6.07) is 6.87. The zero-order valence-electron chi connectivity index (χ0n) is 21.4. The SMILES string of the molecule is CC[C@@H](NC(=O)N1Cc2n[nH]c(=O)n2C[C@H](Cc2cc(Cl)ccc2OC)C1=O)c1ccc(C(=O)O)c([N+](=O)[O-])c1. The van der Waals surface area contributed by atoms with Crippen molar-refractivity contribution in [1.82, 2.24) is 25.0 Å². The van der Waals surface area contributed by atoms with Crippen LogP contribution in [0.1, 0.15) is 46.7 Å². The number of rotatable bonds is 8. The van der Waals surface area contributed by atoms with Crippen LogP contribution < -0.4 is 15.7 Å². The van der Waals surface area contributed by atoms with Crippen LogP contribution in [-0.4, -0.2) is 54.7 Å². The van der Waals surface area contributed by atoms with Crippen LogP contribution in [0.15, 0.2) is 41.2 Å². The summed E-state index contributed by atoms with van der Waals surface area (Å²) in [5, 5.41) is 30.1. The largest absolute Gasteiger partial charge is 0.496 e. The van der Waals surface area contributed by atoms with Crippen molar-refractivity contribution in [3.8, 4) is 5.75 Å². The maximum absolute atomic E-state index is 13.7. The maximum Gasteiger partial charge on any atom is 0.343 e. The molecule has 0 aliphatic carbocycles. The van der Waals surface area contributed by atoms with Gasteiger partial charge in [0.25, 0.3) is 5.69 Å². The maximum atomic E-state index is 13.7. The van der Waals surface area contributed by atoms with E-state index in [9.17, 15) is 34.4 Å². The minimum atomic E-state index is -1.46. The molecular weight excluding hydrogens is 548 g/mol. The lowest BCUT2D eigenvalue weighted by atomic mass is 9.97. The molecule has 0 fully saturated rings. The number of nitro benzene ring substituents is 1. The van der Waals surface area contributed by atoms with Gasteiger partial charge < -0.3 is 15.2 Å². The van der Waals surface area contributed by atoms with Gasteiger partial charge in [-0.05, 0) is 48.2 Å². The molecule has 210 valence electrons. The summed E-state index contributed by atoms with van der Waals surface area (Å²) in [6.07, 6.45) is 0.372. The molecule has 0 bridgehead atoms. The quantitative estimate of drug-likeness (QED) is 0.269. The fourth-order valence-electron chi connectivity index (χ4n) is 4.64. The first-order valence-corrected chi connectivity index (χ1v) is 12.5. The molecule has 14 nitrogen and oxygen atoms in total. The van der Waals surface area contributed by atoms with Crippen molar-refractivity contribution in [2.45, 2.75) is 38.9 Å². The molecule has 0 spiro atoms. The molecule has 2 atom stereocenters. The fraction of sp³-hybridized carbons (Fsp3) is 0.320. The number of hydrogen-bond acceptors (Lipinski definition) is 8. The number of aromatic carboxylic acids is 1. The molecular formula is C25H25ClN6O8. The zero-order valence-corrected chi connectivity index (χ0v) is 22.2. The normalized spacial score (nSPS) is 15.6. The number of carboxylic acid groups (broad SMARTS) is 1. The second-order valence-electron chi connectivity index (χ2n) is 9.09. The zero-order chi connectivity index (χ0) is 29.1. The summed E-state index contributed by atoms with van der Waals surface area (Å²) in [5.74, 6) is -2.26. The Bertz CT molecular complexity index is 1550. The minimum Gasteiger partial charge on any atom is -0.496 e. The molecule has 3 N–H and O–H groups in total. The van der Waals surface area contributed by atoms with Crippen molar-refractivity contribution in [3.05, 3.63) is 84.5 Å². The number of urea groups is 1. The molecule has 0 radical (unpaired) electrons. The van der Waals surface area contributed by atoms with Crippen molar-refractivity contribution in [2.75, 3.05) is 7.11 Å². The van der Waals surface area contributed by atoms with E-state index in [-0.39, 0.29) is 37.3 Å². The Labute approximate surface area is 231 Å². The average molecular weight is 573 g/mol. The van der Waals surface area contributed by atoms with E-state index in [1.165, 1.54) is 17.7 Å². The summed E-state index contributed by atoms with van der Waals surface area (Å²) in [4.78, 5) is 62.6. The Morgan fingerprint density at radius 3 is 2.70 bits per heavy atom. The Morgan fingerprint density at radius 1 is 1.30 bits per heavy atom. The van der Waals surface area contributed by atoms with Gasteiger partial charge in [-0.25, -0.2) is 19.5 Å². The number of aromatic amines is 1. The summed E-state index contributed by atoms with van der Waals surface area (Å²) >= 11 is 6.16. The Hall–Kier alpha value is -4.72. The second-order valence-corrected chi connectivity index (χ2v) is 9.52. The molecule has 2 aromatic carbocycles. The number of imide groups is 1. The van der Waals surface area contributed by atoms with Crippen molar-refractivity contribution >= 4 is 35.2 Å². The summed E-state index contributed by atoms with van der Waals surface area (Å²) < 4.78 is 6.68. The standard InChI is InChI=1S/C25H25ClN6O8/c1-3-18(13-4-6-17(23(34)35)19(10-13)32(38)39)27-24(36)31-12-21-28-29-25(37)30(21)11-15(22(31)33)8-14-9-16(26)5-7-20(14)40-2/h4-7,9-10,15,18H,3,8,11-12H2,1-2H3,(H,27,36)(H,29,37)(H,34,35)/t15-,18+/m0/s1. The molecule has 40 heavy (non-hydrogen) atoms. The number of aromatic nitrogens is 3. The number of carbonyl (C=O) groups is 3. The highest BCUT2D eigenvalue weighted by atomic mass is 35.5. The molecule has 15 heteroatoms. The molecule has 1 aliphatic rings. The predicted octanol–water partition coefficient (Wildman–Crippen LogP) is 2.90. The van der Waals surface area contributed by atoms with Crippen LogP contribution in [0.25, 0.3) is 0 Å². The van der Waals surface area contributed by atoms with Crippen LogP contribution in [0.4, 0.5) is 10.5 Å². The van der Waals surface area contributed by atoms with E-state index >= 15 is 0 Å². The third-order valence-corrected chi connectivity index (χ3v) is 6.90. The predicted molar refractivity (Wildman–Crippen MR) is 140 cm³/mol. The van der Waals surface area contributed by atoms with Gasteiger partial charge >= 0.3 is 17.7 Å². The first-order valence-electron chi connectivity index (χ1n) is 12.1. The van der Waals surface area contributed by atoms with Gasteiger partial charge in [0.1, 0.15) is 11.3 Å². The monoisotopic (exact) mass is 572 g/mol. The third-order valence-electron chi connectivity index (χ3n) is 6.67. The lowest BCUT2D eigenvalue weighted by Crippen LogP contribution is -2.46. The molecule has 3 aromatic rings. The van der Waals surface area contributed by atoms with Crippen LogP contribution in [0.5, 0.6) is 5.75 Å². The molecule has 3 amide bonds. The molecule has 0 saturated heterocycles. The highest BCUT2D eigenvalue weighted by Gasteiger charge is 2.36. The number of H-pyrrole nitrogens is 1. The highest BCUT2D eigenvalue weighted by molar-refractivity contribution is 6.30. The second kappa shape index (κ2) is 11.6. The first kappa shape index (κ1) is 28.3. The van der Waals surface area contributed by atoms with Crippen molar-refractivity contribution in [2.24, 2.45) is 5.92 Å². The van der Waals surface area contributed by atoms with Gasteiger partial charge in [0, 0.05) is 17.6 Å². The van der Waals surface area contributed by atoms with E-state index in [1.807, 2.05) is 0 Å². The summed E-state index contributed by atoms with van der Waals surface area (Å²) in [7, 11) is 1.47. The lowest BCUT2D eigenvalue weighted by Gasteiger charge is -2.26. The Balaban J connectivity index is 1.65. The van der Waals surface area contributed by atoms with Crippen molar-refractivity contribution < 1.29 is 29.2 Å². The first-order chi connectivity index (χ1) is 19.0. The van der Waals surface area contributed by atoms with Crippen LogP contribution in [0.2, 0.25) is 5.02 Å². The van der Waals surface area contributed by atoms with Gasteiger partial charge in [-0.3, -0.25) is 24.4 Å². The number of ether oxygens (including phenoxy) is 1. The number of carboxylic acids is 1. The van der Waals surface area contributed by atoms with E-state index in [1.54, 1.807) is 25.1 Å². The van der Waals surface area contributed by atoms with E-state index in [0.717, 1.165) is 17.0 Å². The van der Waals surface area contributed by atoms with E-state index in [2.05, 4.69) is 15.5 Å². The molecule has 1 aromatic heterocycles. The van der Waals surface area contributed by atoms with Crippen molar-refractivity contribution in [1.29, 1.82) is 0 Å². The number of benzene rings is 2. The Kier molecular flexibility index (Phi) is 8.18. The lowest BCUT2D eigenvalue weighted by molar-refractivity contribution is -0.385. The van der Waals surface area contributed by atoms with Gasteiger partial charge in [0.2, 0.25) is 5.91 Å². The van der Waals surface area contributed by atoms with Gasteiger partial charge in [-0.15, -0.1) is 0 Å². The van der Waals surface area contributed by atoms with Crippen LogP contribution >= 0.6 is 11.6 Å². The topological polar surface area (TPSA) is 190 Å². The number of halogens is 1. The number of hydrogen-bond donors (Lipinski definition) is 3. The van der Waals surface area contributed by atoms with Crippen LogP contribution in [0.3, 0.4) is 0 Å². The van der Waals surface area contributed by atoms with E-state index in [4.69, 9.17) is 16.3 Å². The molecule has 2 heterocycles. The number of carbonyl (C=O) groups excluding carboxylic acids is 2. The highest BCUT2D eigenvalue weighted by Crippen LogP contribution is 2.29. The average Bonchev–Trinajstić information content (AvgIpc) is 3.20. The minimum absolute atomic E-state index is 0.0526. The van der Waals surface area contributed by atoms with E-state index < -0.39 is 51.7 Å². The molecule has 0 unspecified atom stereocenters.